The van der Waals surface area contributed by atoms with Gasteiger partial charge in [0, 0.05) is 42.2 Å². The van der Waals surface area contributed by atoms with E-state index in [9.17, 15) is 14.0 Å². The van der Waals surface area contributed by atoms with Gasteiger partial charge in [-0.15, -0.1) is 0 Å². The zero-order chi connectivity index (χ0) is 24.2. The standard InChI is InChI=1S/C24H17Cl2FN4O3/c25-16-4-1-14(2-5-16)12-30-24(33)15-3-8-21(32)31(13-15)17-6-7-19(18(27)11-17)34-20-9-10-29-23(28)22(20)26/h1-11,13H,12H2,(H2,28,29)(H,30,33). The van der Waals surface area contributed by atoms with Crippen molar-refractivity contribution in [1.29, 1.82) is 0 Å². The summed E-state index contributed by atoms with van der Waals surface area (Å²) in [5, 5.41) is 3.42. The number of hydrogen-bond acceptors (Lipinski definition) is 5. The Balaban J connectivity index is 1.54. The number of nitrogen functional groups attached to an aromatic ring is 1. The van der Waals surface area contributed by atoms with Crippen LogP contribution < -0.4 is 21.3 Å². The van der Waals surface area contributed by atoms with Crippen LogP contribution in [0.1, 0.15) is 15.9 Å². The van der Waals surface area contributed by atoms with Gasteiger partial charge in [0.15, 0.2) is 17.3 Å². The number of halogens is 3. The first kappa shape index (κ1) is 23.3. The van der Waals surface area contributed by atoms with Crippen LogP contribution >= 0.6 is 23.2 Å². The summed E-state index contributed by atoms with van der Waals surface area (Å²) in [5.41, 5.74) is 6.50. The van der Waals surface area contributed by atoms with Crippen molar-refractivity contribution in [3.05, 3.63) is 110 Å². The van der Waals surface area contributed by atoms with E-state index in [-0.39, 0.29) is 40.1 Å². The highest BCUT2D eigenvalue weighted by Gasteiger charge is 2.13. The minimum atomic E-state index is -0.742. The maximum Gasteiger partial charge on any atom is 0.255 e. The van der Waals surface area contributed by atoms with Gasteiger partial charge in [-0.3, -0.25) is 14.2 Å². The second-order valence-corrected chi connectivity index (χ2v) is 7.97. The van der Waals surface area contributed by atoms with Crippen molar-refractivity contribution < 1.29 is 13.9 Å². The predicted molar refractivity (Wildman–Crippen MR) is 128 cm³/mol. The van der Waals surface area contributed by atoms with Gasteiger partial charge in [0.1, 0.15) is 10.8 Å². The van der Waals surface area contributed by atoms with E-state index in [1.807, 2.05) is 0 Å². The fraction of sp³-hybridized carbons (Fsp3) is 0.0417. The average molecular weight is 499 g/mol. The average Bonchev–Trinajstić information content (AvgIpc) is 2.83. The molecule has 2 aromatic carbocycles. The number of nitrogens with zero attached hydrogens (tertiary/aromatic N) is 2. The van der Waals surface area contributed by atoms with Crippen LogP contribution in [-0.4, -0.2) is 15.5 Å². The van der Waals surface area contributed by atoms with E-state index in [1.165, 1.54) is 47.3 Å². The maximum atomic E-state index is 14.8. The van der Waals surface area contributed by atoms with Crippen LogP contribution in [0.2, 0.25) is 10.0 Å². The molecule has 2 aromatic heterocycles. The fourth-order valence-electron chi connectivity index (χ4n) is 3.07. The number of pyridine rings is 2. The molecule has 2 heterocycles. The van der Waals surface area contributed by atoms with Crippen LogP contribution in [0.4, 0.5) is 10.2 Å². The molecule has 0 unspecified atom stereocenters. The van der Waals surface area contributed by atoms with Crippen molar-refractivity contribution in [2.75, 3.05) is 5.73 Å². The number of hydrogen-bond donors (Lipinski definition) is 2. The zero-order valence-electron chi connectivity index (χ0n) is 17.5. The first-order valence-corrected chi connectivity index (χ1v) is 10.7. The van der Waals surface area contributed by atoms with Gasteiger partial charge < -0.3 is 15.8 Å². The van der Waals surface area contributed by atoms with Gasteiger partial charge in [0.05, 0.1) is 11.3 Å². The van der Waals surface area contributed by atoms with Crippen molar-refractivity contribution in [2.45, 2.75) is 6.54 Å². The summed E-state index contributed by atoms with van der Waals surface area (Å²) in [7, 11) is 0. The van der Waals surface area contributed by atoms with Gasteiger partial charge in [-0.2, -0.15) is 0 Å². The molecule has 0 bridgehead atoms. The quantitative estimate of drug-likeness (QED) is 0.390. The predicted octanol–water partition coefficient (Wildman–Crippen LogP) is 4.98. The SMILES string of the molecule is Nc1nccc(Oc2ccc(-n3cc(C(=O)NCc4ccc(Cl)cc4)ccc3=O)cc2F)c1Cl. The van der Waals surface area contributed by atoms with Gasteiger partial charge in [0.25, 0.3) is 11.5 Å². The molecule has 0 aliphatic rings. The number of nitrogens with two attached hydrogens (primary N) is 1. The molecule has 4 aromatic rings. The van der Waals surface area contributed by atoms with Crippen LogP contribution in [0, 0.1) is 5.82 Å². The van der Waals surface area contributed by atoms with E-state index in [4.69, 9.17) is 33.7 Å². The lowest BCUT2D eigenvalue weighted by atomic mass is 10.2. The smallest absolute Gasteiger partial charge is 0.255 e. The molecule has 0 saturated carbocycles. The molecule has 7 nitrogen and oxygen atoms in total. The summed E-state index contributed by atoms with van der Waals surface area (Å²) in [4.78, 5) is 28.8. The van der Waals surface area contributed by atoms with Gasteiger partial charge in [0.2, 0.25) is 0 Å². The van der Waals surface area contributed by atoms with E-state index < -0.39 is 17.3 Å². The number of nitrogens with one attached hydrogen (secondary N) is 1. The number of rotatable bonds is 6. The molecule has 4 rings (SSSR count). The van der Waals surface area contributed by atoms with Crippen LogP contribution in [-0.2, 0) is 6.54 Å². The third kappa shape index (κ3) is 5.19. The maximum absolute atomic E-state index is 14.8. The monoisotopic (exact) mass is 498 g/mol. The van der Waals surface area contributed by atoms with E-state index in [1.54, 1.807) is 24.3 Å². The first-order chi connectivity index (χ1) is 16.3. The lowest BCUT2D eigenvalue weighted by molar-refractivity contribution is 0.0950. The number of carbonyl (C=O) groups is 1. The Morgan fingerprint density at radius 1 is 1.06 bits per heavy atom. The van der Waals surface area contributed by atoms with Crippen molar-refractivity contribution in [2.24, 2.45) is 0 Å². The molecule has 0 radical (unpaired) electrons. The van der Waals surface area contributed by atoms with Gasteiger partial charge in [-0.25, -0.2) is 9.37 Å². The summed E-state index contributed by atoms with van der Waals surface area (Å²) >= 11 is 11.9. The van der Waals surface area contributed by atoms with Crippen LogP contribution in [0.25, 0.3) is 5.69 Å². The summed E-state index contributed by atoms with van der Waals surface area (Å²) < 4.78 is 21.4. The molecule has 0 saturated heterocycles. The third-order valence-electron chi connectivity index (χ3n) is 4.83. The molecule has 1 amide bonds. The van der Waals surface area contributed by atoms with Crippen LogP contribution in [0.15, 0.2) is 77.9 Å². The van der Waals surface area contributed by atoms with Crippen molar-refractivity contribution >= 4 is 34.9 Å². The van der Waals surface area contributed by atoms with Crippen molar-refractivity contribution in [3.63, 3.8) is 0 Å². The second-order valence-electron chi connectivity index (χ2n) is 7.16. The molecule has 34 heavy (non-hydrogen) atoms. The molecule has 3 N–H and O–H groups in total. The normalized spacial score (nSPS) is 10.7. The Morgan fingerprint density at radius 3 is 2.56 bits per heavy atom. The zero-order valence-corrected chi connectivity index (χ0v) is 19.0. The highest BCUT2D eigenvalue weighted by molar-refractivity contribution is 6.34. The molecule has 172 valence electrons. The lowest BCUT2D eigenvalue weighted by Crippen LogP contribution is -2.25. The highest BCUT2D eigenvalue weighted by atomic mass is 35.5. The second kappa shape index (κ2) is 9.94. The Hall–Kier alpha value is -3.88. The molecule has 0 aliphatic carbocycles. The Labute approximate surface area is 203 Å². The summed E-state index contributed by atoms with van der Waals surface area (Å²) in [6, 6.07) is 15.1. The van der Waals surface area contributed by atoms with Crippen molar-refractivity contribution in [1.82, 2.24) is 14.9 Å². The Bertz CT molecular complexity index is 1420. The number of ether oxygens (including phenoxy) is 1. The topological polar surface area (TPSA) is 99.2 Å². The van der Waals surface area contributed by atoms with E-state index in [2.05, 4.69) is 10.3 Å². The highest BCUT2D eigenvalue weighted by Crippen LogP contribution is 2.33. The van der Waals surface area contributed by atoms with Crippen LogP contribution in [0.5, 0.6) is 11.5 Å². The number of amides is 1. The summed E-state index contributed by atoms with van der Waals surface area (Å²) in [6.45, 7) is 0.276. The van der Waals surface area contributed by atoms with Gasteiger partial charge >= 0.3 is 0 Å². The molecule has 0 spiro atoms. The number of carbonyl (C=O) groups excluding carboxylic acids is 1. The van der Waals surface area contributed by atoms with Gasteiger partial charge in [-0.05, 0) is 35.9 Å². The molecule has 0 fully saturated rings. The Morgan fingerprint density at radius 2 is 1.82 bits per heavy atom. The molecule has 0 aliphatic heterocycles. The van der Waals surface area contributed by atoms with E-state index >= 15 is 0 Å². The Kier molecular flexibility index (Phi) is 6.81. The van der Waals surface area contributed by atoms with Crippen LogP contribution in [0.3, 0.4) is 0 Å². The molecule has 10 heteroatoms. The third-order valence-corrected chi connectivity index (χ3v) is 5.47. The largest absolute Gasteiger partial charge is 0.453 e. The number of aromatic nitrogens is 2. The molecule has 0 atom stereocenters. The minimum absolute atomic E-state index is 0.0499. The number of benzene rings is 2. The summed E-state index contributed by atoms with van der Waals surface area (Å²) in [6.07, 6.45) is 2.72. The number of anilines is 1. The van der Waals surface area contributed by atoms with Gasteiger partial charge in [-0.1, -0.05) is 35.3 Å². The fourth-order valence-corrected chi connectivity index (χ4v) is 3.35. The van der Waals surface area contributed by atoms with E-state index in [0.717, 1.165) is 11.6 Å². The first-order valence-electron chi connectivity index (χ1n) is 9.95. The molecular weight excluding hydrogens is 482 g/mol. The van der Waals surface area contributed by atoms with E-state index in [0.29, 0.717) is 5.02 Å². The minimum Gasteiger partial charge on any atom is -0.453 e. The summed E-state index contributed by atoms with van der Waals surface area (Å²) in [5.74, 6) is -1.07. The van der Waals surface area contributed by atoms with Crippen molar-refractivity contribution in [3.8, 4) is 17.2 Å². The lowest BCUT2D eigenvalue weighted by Gasteiger charge is -2.12. The molecular formula is C24H17Cl2FN4O3.